The summed E-state index contributed by atoms with van der Waals surface area (Å²) in [6, 6.07) is 2.41. The van der Waals surface area contributed by atoms with Crippen molar-refractivity contribution in [1.29, 1.82) is 0 Å². The van der Waals surface area contributed by atoms with Crippen LogP contribution in [-0.2, 0) is 14.8 Å². The first-order chi connectivity index (χ1) is 13.4. The molecule has 2 atom stereocenters. The Morgan fingerprint density at radius 3 is 2.48 bits per heavy atom. The highest BCUT2D eigenvalue weighted by atomic mass is 32.2. The highest BCUT2D eigenvalue weighted by Crippen LogP contribution is 2.21. The largest absolute Gasteiger partial charge is 0.343 e. The Bertz CT molecular complexity index is 833. The molecule has 1 aliphatic rings. The third-order valence-corrected chi connectivity index (χ3v) is 6.49. The second-order valence-electron chi connectivity index (χ2n) is 8.36. The third kappa shape index (κ3) is 6.67. The number of amides is 3. The lowest BCUT2D eigenvalue weighted by Crippen LogP contribution is -2.52. The first-order valence-electron chi connectivity index (χ1n) is 9.74. The molecule has 0 saturated carbocycles. The zero-order valence-corrected chi connectivity index (χ0v) is 18.5. The summed E-state index contributed by atoms with van der Waals surface area (Å²) in [5.74, 6) is 0.486. The number of nitrogens with one attached hydrogen (secondary N) is 3. The van der Waals surface area contributed by atoms with E-state index >= 15 is 0 Å². The molecule has 1 aromatic rings. The van der Waals surface area contributed by atoms with Crippen molar-refractivity contribution in [1.82, 2.24) is 19.9 Å². The maximum atomic E-state index is 12.4. The highest BCUT2D eigenvalue weighted by Gasteiger charge is 2.30. The van der Waals surface area contributed by atoms with E-state index in [0.29, 0.717) is 19.5 Å². The first kappa shape index (κ1) is 23.1. The second kappa shape index (κ2) is 9.08. The summed E-state index contributed by atoms with van der Waals surface area (Å²) in [5.41, 5.74) is -0.608. The zero-order valence-electron chi connectivity index (χ0n) is 17.7. The Morgan fingerprint density at radius 1 is 1.28 bits per heavy atom. The Hall–Kier alpha value is -2.20. The molecule has 1 fully saturated rings. The van der Waals surface area contributed by atoms with Crippen LogP contribution in [0.15, 0.2) is 23.2 Å². The van der Waals surface area contributed by atoms with Gasteiger partial charge < -0.3 is 10.2 Å². The Balaban J connectivity index is 1.96. The van der Waals surface area contributed by atoms with Crippen LogP contribution >= 0.6 is 0 Å². The lowest BCUT2D eigenvalue weighted by Gasteiger charge is -2.38. The van der Waals surface area contributed by atoms with Crippen LogP contribution in [0.3, 0.4) is 0 Å². The van der Waals surface area contributed by atoms with Crippen molar-refractivity contribution < 1.29 is 18.0 Å². The van der Waals surface area contributed by atoms with E-state index in [9.17, 15) is 18.0 Å². The number of aromatic nitrogens is 1. The summed E-state index contributed by atoms with van der Waals surface area (Å²) in [7, 11) is -3.68. The number of anilines is 1. The predicted octanol–water partition coefficient (Wildman–Crippen LogP) is 1.93. The minimum absolute atomic E-state index is 0.0287. The number of piperidine rings is 1. The van der Waals surface area contributed by atoms with E-state index < -0.39 is 21.6 Å². The van der Waals surface area contributed by atoms with Gasteiger partial charge in [-0.3, -0.25) is 10.1 Å². The smallest absolute Gasteiger partial charge is 0.320 e. The van der Waals surface area contributed by atoms with E-state index in [1.165, 1.54) is 18.3 Å². The van der Waals surface area contributed by atoms with Crippen LogP contribution in [0.2, 0.25) is 0 Å². The molecule has 1 aliphatic heterocycles. The summed E-state index contributed by atoms with van der Waals surface area (Å²) in [6.45, 7) is 10.1. The van der Waals surface area contributed by atoms with Crippen LogP contribution in [-0.4, -0.2) is 54.9 Å². The average molecular weight is 426 g/mol. The number of urea groups is 1. The van der Waals surface area contributed by atoms with E-state index in [1.54, 1.807) is 32.6 Å². The number of carbonyl (C=O) groups is 2. The Labute approximate surface area is 172 Å². The van der Waals surface area contributed by atoms with Gasteiger partial charge in [-0.1, -0.05) is 6.92 Å². The highest BCUT2D eigenvalue weighted by molar-refractivity contribution is 7.89. The summed E-state index contributed by atoms with van der Waals surface area (Å²) in [6.07, 6.45) is 2.75. The number of hydrogen-bond acceptors (Lipinski definition) is 5. The van der Waals surface area contributed by atoms with Gasteiger partial charge in [0.2, 0.25) is 15.9 Å². The van der Waals surface area contributed by atoms with Gasteiger partial charge in [0, 0.05) is 37.8 Å². The molecule has 0 aromatic carbocycles. The molecule has 1 aromatic heterocycles. The maximum absolute atomic E-state index is 12.4. The van der Waals surface area contributed by atoms with Gasteiger partial charge in [-0.15, -0.1) is 0 Å². The summed E-state index contributed by atoms with van der Waals surface area (Å²) < 4.78 is 27.2. The second-order valence-corrected chi connectivity index (χ2v) is 10.0. The fourth-order valence-corrected chi connectivity index (χ4v) is 4.68. The van der Waals surface area contributed by atoms with Crippen LogP contribution in [0, 0.1) is 5.92 Å². The van der Waals surface area contributed by atoms with Crippen molar-refractivity contribution in [3.63, 3.8) is 0 Å². The van der Waals surface area contributed by atoms with Crippen molar-refractivity contribution in [2.24, 2.45) is 5.92 Å². The van der Waals surface area contributed by atoms with Gasteiger partial charge in [0.1, 0.15) is 10.7 Å². The molecule has 9 nitrogen and oxygen atoms in total. The first-order valence-corrected chi connectivity index (χ1v) is 11.2. The normalized spacial score (nSPS) is 20.2. The minimum Gasteiger partial charge on any atom is -0.343 e. The van der Waals surface area contributed by atoms with Gasteiger partial charge in [-0.2, -0.15) is 0 Å². The molecule has 29 heavy (non-hydrogen) atoms. The van der Waals surface area contributed by atoms with Crippen LogP contribution < -0.4 is 15.4 Å². The van der Waals surface area contributed by atoms with Crippen molar-refractivity contribution in [3.05, 3.63) is 18.3 Å². The molecule has 10 heteroatoms. The van der Waals surface area contributed by atoms with E-state index in [0.717, 1.165) is 6.42 Å². The van der Waals surface area contributed by atoms with Crippen molar-refractivity contribution in [3.8, 4) is 0 Å². The predicted molar refractivity (Wildman–Crippen MR) is 111 cm³/mol. The number of sulfonamides is 1. The number of hydrogen-bond donors (Lipinski definition) is 3. The van der Waals surface area contributed by atoms with Gasteiger partial charge in [0.25, 0.3) is 0 Å². The van der Waals surface area contributed by atoms with Crippen LogP contribution in [0.25, 0.3) is 0 Å². The number of rotatable bonds is 5. The molecule has 1 saturated heterocycles. The minimum atomic E-state index is -3.68. The van der Waals surface area contributed by atoms with E-state index in [2.05, 4.69) is 20.3 Å². The molecule has 162 valence electrons. The van der Waals surface area contributed by atoms with Crippen LogP contribution in [0.4, 0.5) is 10.6 Å². The standard InChI is InChI=1S/C19H31N5O4S/c1-6-14-12-24(13(2)25)10-9-16(14)21-18(26)22-17-8-7-15(11-20-17)29(27,28)23-19(3,4)5/h7-8,11,14,16,23H,6,9-10,12H2,1-5H3,(H2,20,21,22,26). The van der Waals surface area contributed by atoms with Crippen LogP contribution in [0.5, 0.6) is 0 Å². The molecule has 0 spiro atoms. The lowest BCUT2D eigenvalue weighted by molar-refractivity contribution is -0.130. The number of carbonyl (C=O) groups excluding carboxylic acids is 2. The summed E-state index contributed by atoms with van der Waals surface area (Å²) in [4.78, 5) is 29.8. The molecule has 0 aliphatic carbocycles. The van der Waals surface area contributed by atoms with Gasteiger partial charge in [0.15, 0.2) is 0 Å². The van der Waals surface area contributed by atoms with E-state index in [-0.39, 0.29) is 28.6 Å². The monoisotopic (exact) mass is 425 g/mol. The van der Waals surface area contributed by atoms with Gasteiger partial charge in [-0.25, -0.2) is 22.9 Å². The molecular formula is C19H31N5O4S. The SMILES string of the molecule is CCC1CN(C(C)=O)CCC1NC(=O)Nc1ccc(S(=O)(=O)NC(C)(C)C)cn1. The number of pyridine rings is 1. The quantitative estimate of drug-likeness (QED) is 0.666. The molecule has 3 amide bonds. The Kier molecular flexibility index (Phi) is 7.23. The Morgan fingerprint density at radius 2 is 1.97 bits per heavy atom. The molecule has 2 heterocycles. The van der Waals surface area contributed by atoms with Crippen molar-refractivity contribution >= 4 is 27.8 Å². The van der Waals surface area contributed by atoms with Gasteiger partial charge in [0.05, 0.1) is 0 Å². The van der Waals surface area contributed by atoms with Crippen LogP contribution in [0.1, 0.15) is 47.5 Å². The summed E-state index contributed by atoms with van der Waals surface area (Å²) in [5, 5.41) is 5.58. The zero-order chi connectivity index (χ0) is 21.8. The summed E-state index contributed by atoms with van der Waals surface area (Å²) >= 11 is 0. The fraction of sp³-hybridized carbons (Fsp3) is 0.632. The molecular weight excluding hydrogens is 394 g/mol. The van der Waals surface area contributed by atoms with E-state index in [1.807, 2.05) is 6.92 Å². The third-order valence-electron chi connectivity index (χ3n) is 4.75. The lowest BCUT2D eigenvalue weighted by atomic mass is 9.90. The fourth-order valence-electron chi connectivity index (χ4n) is 3.32. The molecule has 3 N–H and O–H groups in total. The van der Waals surface area contributed by atoms with E-state index in [4.69, 9.17) is 0 Å². The number of nitrogens with zero attached hydrogens (tertiary/aromatic N) is 2. The topological polar surface area (TPSA) is 121 Å². The van der Waals surface area contributed by atoms with Gasteiger partial charge in [-0.05, 0) is 51.7 Å². The molecule has 2 unspecified atom stereocenters. The van der Waals surface area contributed by atoms with Crippen molar-refractivity contribution in [2.75, 3.05) is 18.4 Å². The molecule has 2 rings (SSSR count). The van der Waals surface area contributed by atoms with Gasteiger partial charge >= 0.3 is 6.03 Å². The molecule has 0 radical (unpaired) electrons. The molecule has 0 bridgehead atoms. The number of likely N-dealkylation sites (tertiary alicyclic amines) is 1. The average Bonchev–Trinajstić information content (AvgIpc) is 2.60. The maximum Gasteiger partial charge on any atom is 0.320 e. The van der Waals surface area contributed by atoms with Crippen molar-refractivity contribution in [2.45, 2.75) is 63.9 Å².